The number of hydrogen-bond acceptors (Lipinski definition) is 5. The lowest BCUT2D eigenvalue weighted by atomic mass is 10.1. The van der Waals surface area contributed by atoms with Crippen LogP contribution < -0.4 is 5.32 Å². The number of amides is 1. The Morgan fingerprint density at radius 1 is 1.19 bits per heavy atom. The second-order valence-corrected chi connectivity index (χ2v) is 4.35. The molecule has 7 heteroatoms. The molecule has 0 radical (unpaired) electrons. The number of esters is 2. The van der Waals surface area contributed by atoms with Crippen LogP contribution in [0.3, 0.4) is 0 Å². The van der Waals surface area contributed by atoms with Crippen LogP contribution in [0.1, 0.15) is 46.0 Å². The Labute approximate surface area is 123 Å². The highest BCUT2D eigenvalue weighted by atomic mass is 16.5. The standard InChI is InChI=1S/C14H20N2O5/c1-5-9-11(13(18)20-4)8(3)12(16-9)14(19)21-7-10(17)15-6-2/h16H,5-7H2,1-4H3,(H,15,17). The van der Waals surface area contributed by atoms with E-state index in [4.69, 9.17) is 9.47 Å². The zero-order valence-electron chi connectivity index (χ0n) is 12.7. The van der Waals surface area contributed by atoms with E-state index in [0.717, 1.165) is 0 Å². The third kappa shape index (κ3) is 3.84. The molecule has 0 unspecified atom stereocenters. The number of methoxy groups -OCH3 is 1. The molecule has 0 aliphatic rings. The summed E-state index contributed by atoms with van der Waals surface area (Å²) in [5, 5.41) is 2.52. The van der Waals surface area contributed by atoms with Crippen LogP contribution >= 0.6 is 0 Å². The van der Waals surface area contributed by atoms with E-state index in [1.807, 2.05) is 6.92 Å². The van der Waals surface area contributed by atoms with Gasteiger partial charge in [-0.15, -0.1) is 0 Å². The number of carbonyl (C=O) groups excluding carboxylic acids is 3. The highest BCUT2D eigenvalue weighted by Crippen LogP contribution is 2.20. The van der Waals surface area contributed by atoms with Crippen molar-refractivity contribution >= 4 is 17.8 Å². The Bertz CT molecular complexity index is 548. The maximum absolute atomic E-state index is 12.0. The lowest BCUT2D eigenvalue weighted by Gasteiger charge is -2.04. The number of aryl methyl sites for hydroxylation is 1. The van der Waals surface area contributed by atoms with Crippen LogP contribution in [0.2, 0.25) is 0 Å². The summed E-state index contributed by atoms with van der Waals surface area (Å²) < 4.78 is 9.62. The van der Waals surface area contributed by atoms with Crippen LogP contribution in [0, 0.1) is 6.92 Å². The lowest BCUT2D eigenvalue weighted by molar-refractivity contribution is -0.124. The molecule has 0 saturated carbocycles. The first kappa shape index (κ1) is 16.7. The van der Waals surface area contributed by atoms with Gasteiger partial charge in [-0.25, -0.2) is 9.59 Å². The lowest BCUT2D eigenvalue weighted by Crippen LogP contribution is -2.28. The van der Waals surface area contributed by atoms with E-state index in [2.05, 4.69) is 10.3 Å². The second-order valence-electron chi connectivity index (χ2n) is 4.35. The molecular formula is C14H20N2O5. The fourth-order valence-electron chi connectivity index (χ4n) is 1.96. The molecule has 21 heavy (non-hydrogen) atoms. The summed E-state index contributed by atoms with van der Waals surface area (Å²) in [7, 11) is 1.28. The molecule has 2 N–H and O–H groups in total. The highest BCUT2D eigenvalue weighted by molar-refractivity contribution is 5.99. The minimum atomic E-state index is -0.677. The Hall–Kier alpha value is -2.31. The predicted octanol–water partition coefficient (Wildman–Crippen LogP) is 0.965. The second kappa shape index (κ2) is 7.47. The van der Waals surface area contributed by atoms with E-state index in [1.54, 1.807) is 13.8 Å². The quantitative estimate of drug-likeness (QED) is 0.762. The maximum Gasteiger partial charge on any atom is 0.355 e. The van der Waals surface area contributed by atoms with Gasteiger partial charge < -0.3 is 19.8 Å². The van der Waals surface area contributed by atoms with Gasteiger partial charge in [0.25, 0.3) is 5.91 Å². The summed E-state index contributed by atoms with van der Waals surface area (Å²) in [5.74, 6) is -1.56. The van der Waals surface area contributed by atoms with Gasteiger partial charge >= 0.3 is 11.9 Å². The summed E-state index contributed by atoms with van der Waals surface area (Å²) in [6.07, 6.45) is 0.537. The fourth-order valence-corrected chi connectivity index (χ4v) is 1.96. The first-order valence-corrected chi connectivity index (χ1v) is 6.69. The Morgan fingerprint density at radius 3 is 2.38 bits per heavy atom. The molecule has 0 bridgehead atoms. The molecule has 1 aromatic heterocycles. The molecule has 1 aromatic rings. The molecule has 0 fully saturated rings. The maximum atomic E-state index is 12.0. The Balaban J connectivity index is 2.93. The molecule has 1 rings (SSSR count). The van der Waals surface area contributed by atoms with E-state index in [9.17, 15) is 14.4 Å². The number of likely N-dealkylation sites (N-methyl/N-ethyl adjacent to an activating group) is 1. The number of nitrogens with one attached hydrogen (secondary N) is 2. The van der Waals surface area contributed by atoms with Crippen molar-refractivity contribution in [3.63, 3.8) is 0 Å². The van der Waals surface area contributed by atoms with Gasteiger partial charge in [-0.1, -0.05) is 6.92 Å². The van der Waals surface area contributed by atoms with Crippen molar-refractivity contribution in [3.8, 4) is 0 Å². The van der Waals surface area contributed by atoms with Crippen LogP contribution in [0.5, 0.6) is 0 Å². The molecule has 0 aromatic carbocycles. The van der Waals surface area contributed by atoms with Gasteiger partial charge in [-0.05, 0) is 25.8 Å². The molecule has 1 amide bonds. The van der Waals surface area contributed by atoms with Gasteiger partial charge in [0.05, 0.1) is 12.7 Å². The number of aromatic amines is 1. The minimum absolute atomic E-state index is 0.163. The van der Waals surface area contributed by atoms with Gasteiger partial charge in [0, 0.05) is 12.2 Å². The van der Waals surface area contributed by atoms with E-state index < -0.39 is 11.9 Å². The average Bonchev–Trinajstić information content (AvgIpc) is 2.81. The van der Waals surface area contributed by atoms with Crippen molar-refractivity contribution in [1.82, 2.24) is 10.3 Å². The van der Waals surface area contributed by atoms with Crippen LogP contribution in [0.4, 0.5) is 0 Å². The van der Waals surface area contributed by atoms with Gasteiger partial charge in [-0.3, -0.25) is 4.79 Å². The molecule has 7 nitrogen and oxygen atoms in total. The topological polar surface area (TPSA) is 97.5 Å². The monoisotopic (exact) mass is 296 g/mol. The van der Waals surface area contributed by atoms with E-state index in [1.165, 1.54) is 7.11 Å². The van der Waals surface area contributed by atoms with E-state index in [-0.39, 0.29) is 18.2 Å². The van der Waals surface area contributed by atoms with Gasteiger partial charge in [0.15, 0.2) is 6.61 Å². The van der Waals surface area contributed by atoms with Crippen molar-refractivity contribution < 1.29 is 23.9 Å². The van der Waals surface area contributed by atoms with Crippen LogP contribution in [0.15, 0.2) is 0 Å². The molecule has 0 saturated heterocycles. The minimum Gasteiger partial charge on any atom is -0.465 e. The molecule has 1 heterocycles. The highest BCUT2D eigenvalue weighted by Gasteiger charge is 2.24. The van der Waals surface area contributed by atoms with Crippen molar-refractivity contribution in [2.24, 2.45) is 0 Å². The van der Waals surface area contributed by atoms with Crippen LogP contribution in [0.25, 0.3) is 0 Å². The summed E-state index contributed by atoms with van der Waals surface area (Å²) in [4.78, 5) is 37.9. The van der Waals surface area contributed by atoms with Crippen molar-refractivity contribution in [3.05, 3.63) is 22.5 Å². The number of hydrogen-bond donors (Lipinski definition) is 2. The van der Waals surface area contributed by atoms with Crippen molar-refractivity contribution in [2.75, 3.05) is 20.3 Å². The van der Waals surface area contributed by atoms with Crippen molar-refractivity contribution in [1.29, 1.82) is 0 Å². The third-order valence-electron chi connectivity index (χ3n) is 2.98. The fraction of sp³-hybridized carbons (Fsp3) is 0.500. The summed E-state index contributed by atoms with van der Waals surface area (Å²) in [6, 6.07) is 0. The van der Waals surface area contributed by atoms with Gasteiger partial charge in [0.2, 0.25) is 0 Å². The molecular weight excluding hydrogens is 276 g/mol. The van der Waals surface area contributed by atoms with Crippen LogP contribution in [-0.2, 0) is 20.7 Å². The smallest absolute Gasteiger partial charge is 0.355 e. The molecule has 0 aliphatic heterocycles. The number of ether oxygens (including phenoxy) is 2. The first-order valence-electron chi connectivity index (χ1n) is 6.69. The zero-order chi connectivity index (χ0) is 16.0. The number of aromatic nitrogens is 1. The summed E-state index contributed by atoms with van der Waals surface area (Å²) in [5.41, 5.74) is 1.56. The molecule has 0 atom stereocenters. The van der Waals surface area contributed by atoms with E-state index >= 15 is 0 Å². The number of carbonyl (C=O) groups is 3. The number of H-pyrrole nitrogens is 1. The van der Waals surface area contributed by atoms with Gasteiger partial charge in [0.1, 0.15) is 5.69 Å². The van der Waals surface area contributed by atoms with Crippen LogP contribution in [-0.4, -0.2) is 43.1 Å². The largest absolute Gasteiger partial charge is 0.465 e. The number of rotatable bonds is 6. The first-order chi connectivity index (χ1) is 9.96. The summed E-state index contributed by atoms with van der Waals surface area (Å²) in [6.45, 7) is 5.35. The van der Waals surface area contributed by atoms with Crippen molar-refractivity contribution in [2.45, 2.75) is 27.2 Å². The average molecular weight is 296 g/mol. The zero-order valence-corrected chi connectivity index (χ0v) is 12.7. The Morgan fingerprint density at radius 2 is 1.86 bits per heavy atom. The molecule has 0 aliphatic carbocycles. The molecule has 0 spiro atoms. The third-order valence-corrected chi connectivity index (χ3v) is 2.98. The Kier molecular flexibility index (Phi) is 5.95. The molecule has 116 valence electrons. The van der Waals surface area contributed by atoms with Gasteiger partial charge in [-0.2, -0.15) is 0 Å². The van der Waals surface area contributed by atoms with E-state index in [0.29, 0.717) is 29.8 Å². The SMILES string of the molecule is CCNC(=O)COC(=O)c1[nH]c(CC)c(C(=O)OC)c1C. The normalized spacial score (nSPS) is 10.1. The summed E-state index contributed by atoms with van der Waals surface area (Å²) >= 11 is 0. The predicted molar refractivity (Wildman–Crippen MR) is 75.2 cm³/mol.